The monoisotopic (exact) mass is 746 g/mol. The highest BCUT2D eigenvalue weighted by Crippen LogP contribution is 2.90. The fourth-order valence-corrected chi connectivity index (χ4v) is 11.8. The molecule has 1 aliphatic heterocycles. The molecule has 0 amide bonds. The lowest BCUT2D eigenvalue weighted by atomic mass is 9.25. The highest BCUT2D eigenvalue weighted by molar-refractivity contribution is 6.00. The number of ether oxygens (including phenoxy) is 3. The van der Waals surface area contributed by atoms with E-state index in [1.54, 1.807) is 12.1 Å². The molecule has 2 heterocycles. The zero-order valence-corrected chi connectivity index (χ0v) is 33.0. The molecule has 1 saturated carbocycles. The summed E-state index contributed by atoms with van der Waals surface area (Å²) in [5, 5.41) is 0.858. The molecular formula is C50H50O6. The molecule has 5 aliphatic carbocycles. The van der Waals surface area contributed by atoms with Crippen molar-refractivity contribution >= 4 is 16.9 Å². The van der Waals surface area contributed by atoms with Crippen molar-refractivity contribution in [1.82, 2.24) is 0 Å². The van der Waals surface area contributed by atoms with Gasteiger partial charge in [-0.15, -0.1) is 0 Å². The summed E-state index contributed by atoms with van der Waals surface area (Å²) in [6.45, 7) is 18.5. The van der Waals surface area contributed by atoms with Crippen LogP contribution in [-0.4, -0.2) is 24.8 Å². The minimum absolute atomic E-state index is 0.273. The van der Waals surface area contributed by atoms with Gasteiger partial charge in [-0.05, 0) is 114 Å². The lowest BCUT2D eigenvalue weighted by Gasteiger charge is -2.77. The van der Waals surface area contributed by atoms with Gasteiger partial charge in [0.25, 0.3) is 0 Å². The van der Waals surface area contributed by atoms with Gasteiger partial charge in [0.1, 0.15) is 11.3 Å². The van der Waals surface area contributed by atoms with E-state index in [1.807, 2.05) is 42.5 Å². The van der Waals surface area contributed by atoms with Crippen LogP contribution >= 0.6 is 0 Å². The number of hydrogen-bond acceptors (Lipinski definition) is 6. The number of carbonyl (C=O) groups excluding carboxylic acids is 1. The van der Waals surface area contributed by atoms with E-state index in [4.69, 9.17) is 18.6 Å². The molecule has 0 bridgehead atoms. The minimum Gasteiger partial charge on any atom is -0.487 e. The third-order valence-electron chi connectivity index (χ3n) is 13.8. The van der Waals surface area contributed by atoms with Gasteiger partial charge in [-0.1, -0.05) is 112 Å². The van der Waals surface area contributed by atoms with Crippen LogP contribution in [0.4, 0.5) is 0 Å². The summed E-state index contributed by atoms with van der Waals surface area (Å²) >= 11 is 0. The van der Waals surface area contributed by atoms with Crippen molar-refractivity contribution in [2.45, 2.75) is 90.6 Å². The number of hydrogen-bond donors (Lipinski definition) is 0. The van der Waals surface area contributed by atoms with Crippen molar-refractivity contribution in [1.29, 1.82) is 0 Å². The average Bonchev–Trinajstić information content (AvgIpc) is 3.63. The van der Waals surface area contributed by atoms with Gasteiger partial charge in [-0.3, -0.25) is 0 Å². The van der Waals surface area contributed by atoms with Crippen LogP contribution in [0.3, 0.4) is 0 Å². The predicted molar refractivity (Wildman–Crippen MR) is 221 cm³/mol. The lowest BCUT2D eigenvalue weighted by molar-refractivity contribution is -0.255. The smallest absolute Gasteiger partial charge is 0.379 e. The Balaban J connectivity index is 0.916. The van der Waals surface area contributed by atoms with Crippen LogP contribution in [-0.2, 0) is 9.53 Å². The third-order valence-corrected chi connectivity index (χ3v) is 13.8. The maximum absolute atomic E-state index is 15.0. The molecule has 4 unspecified atom stereocenters. The van der Waals surface area contributed by atoms with Gasteiger partial charge < -0.3 is 18.6 Å². The lowest BCUT2D eigenvalue weighted by Crippen LogP contribution is -2.83. The topological polar surface area (TPSA) is 75.0 Å². The molecule has 6 aliphatic rings. The number of esters is 1. The van der Waals surface area contributed by atoms with E-state index in [9.17, 15) is 4.79 Å². The Morgan fingerprint density at radius 2 is 1.32 bits per heavy atom. The summed E-state index contributed by atoms with van der Waals surface area (Å²) in [5.41, 5.74) is 10.6. The summed E-state index contributed by atoms with van der Waals surface area (Å²) < 4.78 is 24.8. The van der Waals surface area contributed by atoms with Crippen LogP contribution in [0.2, 0.25) is 0 Å². The Labute approximate surface area is 329 Å². The standard InChI is InChI=1S/C50H50O6/c1-7-35-32(5)43-30(3)31(4)44-33(6)36(8-2)39-26-25-38(35)48(43)45-37-22-16-18-24-41(37)56-47(52)50(45,49(39,44)48)54-28-20-14-12-10-9-11-13-19-27-53-42-29-34-21-15-17-23-40(34)55-46(42)51/h7-8,15-18,21-26,29,45H,1-2,9-14,19-20,27-28H2,3-6H3. The zero-order chi connectivity index (χ0) is 39.0. The van der Waals surface area contributed by atoms with Gasteiger partial charge in [0.15, 0.2) is 5.60 Å². The maximum atomic E-state index is 15.0. The molecule has 2 aromatic carbocycles. The Morgan fingerprint density at radius 3 is 2.07 bits per heavy atom. The number of benzene rings is 2. The van der Waals surface area contributed by atoms with Crippen molar-refractivity contribution in [3.05, 3.63) is 164 Å². The summed E-state index contributed by atoms with van der Waals surface area (Å²) in [5.74, 6) is 0.329. The van der Waals surface area contributed by atoms with Gasteiger partial charge in [0, 0.05) is 28.9 Å². The number of allylic oxidation sites excluding steroid dienone is 12. The predicted octanol–water partition coefficient (Wildman–Crippen LogP) is 11.3. The molecule has 6 nitrogen and oxygen atoms in total. The van der Waals surface area contributed by atoms with Crippen molar-refractivity contribution in [2.24, 2.45) is 10.8 Å². The summed E-state index contributed by atoms with van der Waals surface area (Å²) in [6.07, 6.45) is 16.8. The van der Waals surface area contributed by atoms with Gasteiger partial charge in [-0.2, -0.15) is 0 Å². The van der Waals surface area contributed by atoms with Crippen LogP contribution in [0.25, 0.3) is 11.0 Å². The van der Waals surface area contributed by atoms with Crippen molar-refractivity contribution in [2.75, 3.05) is 13.2 Å². The van der Waals surface area contributed by atoms with E-state index in [-0.39, 0.29) is 17.6 Å². The second kappa shape index (κ2) is 13.5. The van der Waals surface area contributed by atoms with Gasteiger partial charge in [0.2, 0.25) is 5.75 Å². The van der Waals surface area contributed by atoms with Crippen LogP contribution in [0.5, 0.6) is 11.5 Å². The van der Waals surface area contributed by atoms with Crippen LogP contribution in [0.1, 0.15) is 90.5 Å². The Kier molecular flexibility index (Phi) is 8.77. The highest BCUT2D eigenvalue weighted by Gasteiger charge is 2.92. The summed E-state index contributed by atoms with van der Waals surface area (Å²) in [7, 11) is 0. The fourth-order valence-electron chi connectivity index (χ4n) is 11.8. The SMILES string of the molecule is C=CC1=C2C=CC3=C(C=C)C(C)=C4C(C)=C(C)C(=C1C)C21C2c5ccccc5OC(=O)C2(OCCCCCCCCCCOc2cc5ccccc5oc2=O)C341. The molecule has 0 saturated heterocycles. The maximum Gasteiger partial charge on any atom is 0.379 e. The molecule has 2 spiro atoms. The minimum atomic E-state index is -1.26. The van der Waals surface area contributed by atoms with Crippen molar-refractivity contribution in [3.63, 3.8) is 0 Å². The first kappa shape index (κ1) is 36.4. The highest BCUT2D eigenvalue weighted by atomic mass is 16.6. The first-order valence-electron chi connectivity index (χ1n) is 20.4. The first-order chi connectivity index (χ1) is 27.2. The molecule has 6 heteroatoms. The fraction of sp³-hybridized carbons (Fsp3) is 0.360. The molecule has 9 rings (SSSR count). The second-order valence-corrected chi connectivity index (χ2v) is 16.3. The zero-order valence-electron chi connectivity index (χ0n) is 33.0. The van der Waals surface area contributed by atoms with Gasteiger partial charge in [0.05, 0.1) is 12.0 Å². The molecule has 0 radical (unpaired) electrons. The largest absolute Gasteiger partial charge is 0.487 e. The van der Waals surface area contributed by atoms with E-state index >= 15 is 4.79 Å². The van der Waals surface area contributed by atoms with E-state index in [0.717, 1.165) is 79.0 Å². The number of unbranched alkanes of at least 4 members (excludes halogenated alkanes) is 7. The number of rotatable bonds is 15. The van der Waals surface area contributed by atoms with E-state index < -0.39 is 22.1 Å². The average molecular weight is 747 g/mol. The first-order valence-corrected chi connectivity index (χ1v) is 20.4. The molecule has 3 aromatic rings. The number of carbonyl (C=O) groups is 1. The van der Waals surface area contributed by atoms with E-state index in [1.165, 1.54) is 39.0 Å². The Bertz CT molecular complexity index is 2500. The van der Waals surface area contributed by atoms with E-state index in [2.05, 4.69) is 65.1 Å². The van der Waals surface area contributed by atoms with Crippen molar-refractivity contribution in [3.8, 4) is 11.5 Å². The van der Waals surface area contributed by atoms with Gasteiger partial charge in [-0.25, -0.2) is 9.59 Å². The normalized spacial score (nSPS) is 26.6. The molecule has 56 heavy (non-hydrogen) atoms. The van der Waals surface area contributed by atoms with Gasteiger partial charge >= 0.3 is 11.6 Å². The quantitative estimate of drug-likeness (QED) is 0.0667. The molecule has 1 fully saturated rings. The third kappa shape index (κ3) is 4.48. The summed E-state index contributed by atoms with van der Waals surface area (Å²) in [4.78, 5) is 27.3. The molecule has 4 atom stereocenters. The van der Waals surface area contributed by atoms with E-state index in [0.29, 0.717) is 24.5 Å². The summed E-state index contributed by atoms with van der Waals surface area (Å²) in [6, 6.07) is 17.3. The Hall–Kier alpha value is -5.20. The molecular weight excluding hydrogens is 697 g/mol. The number of fused-ring (bicyclic) bond motifs is 4. The van der Waals surface area contributed by atoms with Crippen LogP contribution < -0.4 is 15.1 Å². The van der Waals surface area contributed by atoms with Crippen LogP contribution in [0.15, 0.2) is 157 Å². The molecule has 286 valence electrons. The molecule has 0 N–H and O–H groups in total. The Morgan fingerprint density at radius 1 is 0.714 bits per heavy atom. The second-order valence-electron chi connectivity index (χ2n) is 16.3. The number of para-hydroxylation sites is 2. The van der Waals surface area contributed by atoms with Crippen molar-refractivity contribution < 1.29 is 23.4 Å². The molecule has 1 aromatic heterocycles. The van der Waals surface area contributed by atoms with Crippen LogP contribution in [0, 0.1) is 10.8 Å².